The van der Waals surface area contributed by atoms with Crippen molar-refractivity contribution in [2.75, 3.05) is 6.61 Å². The number of allylic oxidation sites excluding steroid dienone is 1. The van der Waals surface area contributed by atoms with Gasteiger partial charge in [0.25, 0.3) is 0 Å². The Labute approximate surface area is 208 Å². The molecule has 8 heteroatoms. The van der Waals surface area contributed by atoms with E-state index in [-0.39, 0.29) is 5.91 Å². The highest BCUT2D eigenvalue weighted by Crippen LogP contribution is 2.35. The predicted octanol–water partition coefficient (Wildman–Crippen LogP) is 6.56. The predicted molar refractivity (Wildman–Crippen MR) is 140 cm³/mol. The molecule has 2 atom stereocenters. The Kier molecular flexibility index (Phi) is 22.2. The topological polar surface area (TPSA) is 116 Å². The minimum absolute atomic E-state index is 0.242. The van der Waals surface area contributed by atoms with Gasteiger partial charge in [-0.15, -0.1) is 0 Å². The van der Waals surface area contributed by atoms with Crippen LogP contribution in [0.3, 0.4) is 0 Å². The van der Waals surface area contributed by atoms with Crippen LogP contribution in [0.25, 0.3) is 0 Å². The highest BCUT2D eigenvalue weighted by Gasteiger charge is 2.24. The summed E-state index contributed by atoms with van der Waals surface area (Å²) in [5.41, 5.74) is 0. The first-order chi connectivity index (χ1) is 16.3. The number of phosphoric ester groups is 1. The minimum atomic E-state index is -4.68. The van der Waals surface area contributed by atoms with Crippen molar-refractivity contribution in [3.05, 3.63) is 12.2 Å². The maximum atomic E-state index is 12.2. The van der Waals surface area contributed by atoms with E-state index < -0.39 is 26.6 Å². The van der Waals surface area contributed by atoms with Crippen molar-refractivity contribution in [2.24, 2.45) is 0 Å². The van der Waals surface area contributed by atoms with Gasteiger partial charge >= 0.3 is 7.82 Å². The number of carbonyl (C=O) groups is 1. The zero-order valence-electron chi connectivity index (χ0n) is 21.8. The lowest BCUT2D eigenvalue weighted by Crippen LogP contribution is -2.45. The van der Waals surface area contributed by atoms with Gasteiger partial charge < -0.3 is 20.2 Å². The number of hydrogen-bond acceptors (Lipinski definition) is 4. The van der Waals surface area contributed by atoms with Crippen molar-refractivity contribution in [1.82, 2.24) is 5.32 Å². The molecule has 0 unspecified atom stereocenters. The quantitative estimate of drug-likeness (QED) is 0.0671. The van der Waals surface area contributed by atoms with Crippen molar-refractivity contribution >= 4 is 13.7 Å². The molecule has 1 amide bonds. The highest BCUT2D eigenvalue weighted by molar-refractivity contribution is 7.46. The van der Waals surface area contributed by atoms with E-state index >= 15 is 0 Å². The number of rotatable bonds is 24. The van der Waals surface area contributed by atoms with Crippen LogP contribution in [-0.2, 0) is 13.9 Å². The molecule has 0 rings (SSSR count). The van der Waals surface area contributed by atoms with Crippen molar-refractivity contribution < 1.29 is 28.8 Å². The third-order valence-electron chi connectivity index (χ3n) is 6.00. The molecule has 0 saturated carbocycles. The molecule has 0 aliphatic heterocycles. The van der Waals surface area contributed by atoms with Crippen LogP contribution in [0.5, 0.6) is 0 Å². The van der Waals surface area contributed by atoms with Gasteiger partial charge in [-0.1, -0.05) is 116 Å². The molecular weight excluding hydrogens is 453 g/mol. The van der Waals surface area contributed by atoms with Gasteiger partial charge in [-0.3, -0.25) is 9.32 Å². The van der Waals surface area contributed by atoms with Crippen molar-refractivity contribution in [1.29, 1.82) is 0 Å². The SMILES string of the molecule is CCCCCCCCCCCCC/C=C\[C@H](O)[C@@H](COP(=O)(O)O)NC(=O)CCCCCCC. The second-order valence-corrected chi connectivity index (χ2v) is 10.6. The zero-order valence-corrected chi connectivity index (χ0v) is 22.7. The summed E-state index contributed by atoms with van der Waals surface area (Å²) in [5.74, 6) is -0.242. The van der Waals surface area contributed by atoms with Crippen molar-refractivity contribution in [2.45, 2.75) is 142 Å². The molecule has 7 nitrogen and oxygen atoms in total. The van der Waals surface area contributed by atoms with E-state index in [0.29, 0.717) is 6.42 Å². The van der Waals surface area contributed by atoms with Crippen molar-refractivity contribution in [3.8, 4) is 0 Å². The number of aliphatic hydroxyl groups is 1. The molecule has 0 saturated heterocycles. The van der Waals surface area contributed by atoms with Crippen molar-refractivity contribution in [3.63, 3.8) is 0 Å². The van der Waals surface area contributed by atoms with Gasteiger partial charge in [0.1, 0.15) is 0 Å². The molecule has 0 radical (unpaired) electrons. The Morgan fingerprint density at radius 1 is 0.824 bits per heavy atom. The minimum Gasteiger partial charge on any atom is -0.387 e. The molecule has 0 bridgehead atoms. The molecule has 0 fully saturated rings. The summed E-state index contributed by atoms with van der Waals surface area (Å²) in [7, 11) is -4.68. The van der Waals surface area contributed by atoms with Crippen LogP contribution in [0.2, 0.25) is 0 Å². The Morgan fingerprint density at radius 2 is 1.29 bits per heavy atom. The molecule has 0 heterocycles. The number of carbonyl (C=O) groups excluding carboxylic acids is 1. The van der Waals surface area contributed by atoms with Crippen LogP contribution in [-0.4, -0.2) is 39.6 Å². The molecule has 0 spiro atoms. The number of aliphatic hydroxyl groups excluding tert-OH is 1. The molecule has 0 aliphatic rings. The van der Waals surface area contributed by atoms with Crippen LogP contribution in [0.4, 0.5) is 0 Å². The summed E-state index contributed by atoms with van der Waals surface area (Å²) >= 11 is 0. The molecule has 34 heavy (non-hydrogen) atoms. The number of phosphoric acid groups is 1. The molecule has 0 aromatic rings. The number of nitrogens with one attached hydrogen (secondary N) is 1. The van der Waals surface area contributed by atoms with Crippen LogP contribution in [0, 0.1) is 0 Å². The summed E-state index contributed by atoms with van der Waals surface area (Å²) in [4.78, 5) is 30.2. The number of amides is 1. The highest BCUT2D eigenvalue weighted by atomic mass is 31.2. The monoisotopic (exact) mass is 505 g/mol. The standard InChI is InChI=1S/C26H52NO6P/c1-3-5-7-9-10-11-12-13-14-15-16-18-19-21-25(28)24(23-33-34(30,31)32)27-26(29)22-20-17-8-6-4-2/h19,21,24-25,28H,3-18,20,22-23H2,1-2H3,(H,27,29)(H2,30,31,32)/b21-19-/t24-,25+/m1/s1. The fourth-order valence-electron chi connectivity index (χ4n) is 3.87. The van der Waals surface area contributed by atoms with Gasteiger partial charge in [0, 0.05) is 6.42 Å². The van der Waals surface area contributed by atoms with E-state index in [1.807, 2.05) is 6.08 Å². The number of hydrogen-bond donors (Lipinski definition) is 4. The Morgan fingerprint density at radius 3 is 1.79 bits per heavy atom. The first kappa shape index (κ1) is 33.3. The van der Waals surface area contributed by atoms with Crippen LogP contribution >= 0.6 is 7.82 Å². The maximum absolute atomic E-state index is 12.2. The lowest BCUT2D eigenvalue weighted by atomic mass is 10.0. The maximum Gasteiger partial charge on any atom is 0.469 e. The molecule has 0 aromatic heterocycles. The van der Waals surface area contributed by atoms with Crippen LogP contribution in [0.15, 0.2) is 12.2 Å². The van der Waals surface area contributed by atoms with E-state index in [9.17, 15) is 14.5 Å². The van der Waals surface area contributed by atoms with Gasteiger partial charge in [0.05, 0.1) is 18.8 Å². The molecule has 4 N–H and O–H groups in total. The summed E-state index contributed by atoms with van der Waals surface area (Å²) in [6.45, 7) is 3.92. The van der Waals surface area contributed by atoms with Gasteiger partial charge in [-0.25, -0.2) is 4.57 Å². The van der Waals surface area contributed by atoms with E-state index in [1.165, 1.54) is 57.8 Å². The number of unbranched alkanes of at least 4 members (excludes halogenated alkanes) is 15. The molecular formula is C26H52NO6P. The first-order valence-electron chi connectivity index (χ1n) is 13.6. The molecule has 202 valence electrons. The average molecular weight is 506 g/mol. The second kappa shape index (κ2) is 22.7. The van der Waals surface area contributed by atoms with Gasteiger partial charge in [0.2, 0.25) is 5.91 Å². The third-order valence-corrected chi connectivity index (χ3v) is 6.48. The summed E-state index contributed by atoms with van der Waals surface area (Å²) < 4.78 is 15.6. The van der Waals surface area contributed by atoms with E-state index in [1.54, 1.807) is 6.08 Å². The second-order valence-electron chi connectivity index (χ2n) is 9.37. The smallest absolute Gasteiger partial charge is 0.387 e. The summed E-state index contributed by atoms with van der Waals surface area (Å²) in [6, 6.07) is -0.899. The lowest BCUT2D eigenvalue weighted by molar-refractivity contribution is -0.123. The first-order valence-corrected chi connectivity index (χ1v) is 15.2. The fourth-order valence-corrected chi connectivity index (χ4v) is 4.22. The van der Waals surface area contributed by atoms with E-state index in [0.717, 1.165) is 51.4 Å². The molecule has 0 aromatic carbocycles. The van der Waals surface area contributed by atoms with Gasteiger partial charge in [-0.2, -0.15) is 0 Å². The van der Waals surface area contributed by atoms with Crippen LogP contribution in [0.1, 0.15) is 129 Å². The summed E-state index contributed by atoms with van der Waals surface area (Å²) in [6.07, 6.45) is 22.7. The Hall–Kier alpha value is -0.720. The van der Waals surface area contributed by atoms with Gasteiger partial charge in [-0.05, 0) is 19.3 Å². The zero-order chi connectivity index (χ0) is 25.5. The Balaban J connectivity index is 4.16. The summed E-state index contributed by atoms with van der Waals surface area (Å²) in [5, 5.41) is 13.1. The lowest BCUT2D eigenvalue weighted by Gasteiger charge is -2.22. The van der Waals surface area contributed by atoms with Crippen LogP contribution < -0.4 is 5.32 Å². The normalized spacial score (nSPS) is 13.9. The average Bonchev–Trinajstić information content (AvgIpc) is 2.78. The molecule has 0 aliphatic carbocycles. The van der Waals surface area contributed by atoms with Gasteiger partial charge in [0.15, 0.2) is 0 Å². The largest absolute Gasteiger partial charge is 0.469 e. The fraction of sp³-hybridized carbons (Fsp3) is 0.885. The third kappa shape index (κ3) is 23.0. The Bertz CT molecular complexity index is 551. The van der Waals surface area contributed by atoms with E-state index in [2.05, 4.69) is 23.7 Å². The van der Waals surface area contributed by atoms with E-state index in [4.69, 9.17) is 9.79 Å².